The molecule has 0 fully saturated rings. The van der Waals surface area contributed by atoms with Gasteiger partial charge in [-0.2, -0.15) is 0 Å². The summed E-state index contributed by atoms with van der Waals surface area (Å²) in [5.74, 6) is -2.61. The van der Waals surface area contributed by atoms with E-state index in [4.69, 9.17) is 0 Å². The van der Waals surface area contributed by atoms with Crippen LogP contribution in [0.1, 0.15) is 12.5 Å². The number of methoxy groups -OCH3 is 2. The largest absolute Gasteiger partial charge is 0.466 e. The first-order valence-electron chi connectivity index (χ1n) is 6.51. The number of esters is 2. The van der Waals surface area contributed by atoms with Gasteiger partial charge in [-0.15, -0.1) is 0 Å². The average molecular weight is 324 g/mol. The fourth-order valence-corrected chi connectivity index (χ4v) is 1.76. The predicted octanol–water partition coefficient (Wildman–Crippen LogP) is 1.73. The predicted molar refractivity (Wildman–Crippen MR) is 81.2 cm³/mol. The molecule has 0 aliphatic carbocycles. The van der Waals surface area contributed by atoms with E-state index in [1.165, 1.54) is 13.0 Å². The van der Waals surface area contributed by atoms with Crippen LogP contribution in [-0.2, 0) is 23.9 Å². The van der Waals surface area contributed by atoms with Crippen molar-refractivity contribution in [3.63, 3.8) is 0 Å². The molecule has 0 spiro atoms. The molecule has 7 nitrogen and oxygen atoms in total. The van der Waals surface area contributed by atoms with Crippen LogP contribution in [0.25, 0.3) is 0 Å². The third kappa shape index (κ3) is 5.10. The first kappa shape index (κ1) is 18.1. The van der Waals surface area contributed by atoms with Crippen LogP contribution in [0.4, 0.5) is 15.8 Å². The summed E-state index contributed by atoms with van der Waals surface area (Å²) >= 11 is 0. The number of ether oxygens (including phenoxy) is 2. The summed E-state index contributed by atoms with van der Waals surface area (Å²) in [4.78, 5) is 34.4. The Morgan fingerprint density at radius 1 is 1.13 bits per heavy atom. The molecule has 124 valence electrons. The Balaban J connectivity index is 3.32. The summed E-state index contributed by atoms with van der Waals surface area (Å²) in [6.45, 7) is 2.87. The molecule has 0 saturated carbocycles. The molecule has 0 aromatic heterocycles. The molecule has 1 amide bonds. The molecule has 1 aromatic carbocycles. The minimum Gasteiger partial charge on any atom is -0.466 e. The smallest absolute Gasteiger partial charge is 0.354 e. The molecule has 1 rings (SSSR count). The highest BCUT2D eigenvalue weighted by molar-refractivity contribution is 6.01. The zero-order chi connectivity index (χ0) is 17.6. The second-order valence-corrected chi connectivity index (χ2v) is 4.52. The van der Waals surface area contributed by atoms with Gasteiger partial charge in [0, 0.05) is 6.92 Å². The van der Waals surface area contributed by atoms with Crippen molar-refractivity contribution in [2.24, 2.45) is 0 Å². The number of hydrogen-bond acceptors (Lipinski definition) is 6. The van der Waals surface area contributed by atoms with E-state index in [1.54, 1.807) is 6.92 Å². The van der Waals surface area contributed by atoms with Crippen molar-refractivity contribution >= 4 is 29.2 Å². The molecule has 23 heavy (non-hydrogen) atoms. The van der Waals surface area contributed by atoms with Gasteiger partial charge in [0.1, 0.15) is 11.5 Å². The maximum atomic E-state index is 13.6. The van der Waals surface area contributed by atoms with Gasteiger partial charge in [-0.1, -0.05) is 0 Å². The van der Waals surface area contributed by atoms with E-state index in [0.29, 0.717) is 5.56 Å². The lowest BCUT2D eigenvalue weighted by molar-refractivity contribution is -0.138. The van der Waals surface area contributed by atoms with Crippen molar-refractivity contribution in [1.82, 2.24) is 0 Å². The van der Waals surface area contributed by atoms with Gasteiger partial charge in [0.25, 0.3) is 0 Å². The van der Waals surface area contributed by atoms with Crippen LogP contribution in [-0.4, -0.2) is 32.1 Å². The van der Waals surface area contributed by atoms with Gasteiger partial charge < -0.3 is 20.1 Å². The average Bonchev–Trinajstić information content (AvgIpc) is 2.48. The van der Waals surface area contributed by atoms with Crippen molar-refractivity contribution in [3.05, 3.63) is 35.3 Å². The van der Waals surface area contributed by atoms with Crippen LogP contribution in [0.5, 0.6) is 0 Å². The number of nitrogens with one attached hydrogen (secondary N) is 2. The molecule has 0 aliphatic rings. The molecule has 0 unspecified atom stereocenters. The highest BCUT2D eigenvalue weighted by atomic mass is 19.1. The third-order valence-corrected chi connectivity index (χ3v) is 2.74. The number of benzene rings is 1. The second-order valence-electron chi connectivity index (χ2n) is 4.52. The summed E-state index contributed by atoms with van der Waals surface area (Å²) in [6, 6.07) is 2.30. The van der Waals surface area contributed by atoms with Gasteiger partial charge >= 0.3 is 11.9 Å². The minimum absolute atomic E-state index is 0.0956. The molecule has 0 aliphatic heterocycles. The Kier molecular flexibility index (Phi) is 6.25. The zero-order valence-electron chi connectivity index (χ0n) is 13.2. The maximum Gasteiger partial charge on any atom is 0.354 e. The standard InChI is InChI=1S/C15H17FN2O5/c1-8-5-10(16)6-11(14(8)17-9(2)19)18-12(15(21)23-4)7-13(20)22-3/h5-7,18H,1-4H3,(H,17,19)/b12-7+. The first-order valence-corrected chi connectivity index (χ1v) is 6.51. The van der Waals surface area contributed by atoms with Gasteiger partial charge in [0.15, 0.2) is 0 Å². The number of hydrogen-bond donors (Lipinski definition) is 2. The Hall–Kier alpha value is -2.90. The molecule has 0 heterocycles. The van der Waals surface area contributed by atoms with E-state index in [-0.39, 0.29) is 23.0 Å². The fourth-order valence-electron chi connectivity index (χ4n) is 1.76. The van der Waals surface area contributed by atoms with Crippen LogP contribution in [0.2, 0.25) is 0 Å². The molecule has 0 radical (unpaired) electrons. The van der Waals surface area contributed by atoms with E-state index in [9.17, 15) is 18.8 Å². The minimum atomic E-state index is -0.855. The van der Waals surface area contributed by atoms with E-state index >= 15 is 0 Å². The molecule has 0 bridgehead atoms. The van der Waals surface area contributed by atoms with E-state index in [2.05, 4.69) is 20.1 Å². The fraction of sp³-hybridized carbons (Fsp3) is 0.267. The summed E-state index contributed by atoms with van der Waals surface area (Å²) in [6.07, 6.45) is 0.865. The Labute approximate surface area is 132 Å². The SMILES string of the molecule is COC(=O)/C=C(/Nc1cc(F)cc(C)c1NC(C)=O)C(=O)OC. The molecule has 0 atom stereocenters. The monoisotopic (exact) mass is 324 g/mol. The Morgan fingerprint density at radius 2 is 1.78 bits per heavy atom. The lowest BCUT2D eigenvalue weighted by Crippen LogP contribution is -2.17. The summed E-state index contributed by atoms with van der Waals surface area (Å²) in [5, 5.41) is 5.12. The number of carbonyl (C=O) groups is 3. The number of carbonyl (C=O) groups excluding carboxylic acids is 3. The first-order chi connectivity index (χ1) is 10.8. The number of anilines is 2. The van der Waals surface area contributed by atoms with Crippen LogP contribution in [0.15, 0.2) is 23.9 Å². The van der Waals surface area contributed by atoms with Crippen molar-refractivity contribution < 1.29 is 28.2 Å². The van der Waals surface area contributed by atoms with Gasteiger partial charge in [0.05, 0.1) is 31.7 Å². The highest BCUT2D eigenvalue weighted by Crippen LogP contribution is 2.28. The molecular weight excluding hydrogens is 307 g/mol. The van der Waals surface area contributed by atoms with Crippen LogP contribution < -0.4 is 10.6 Å². The van der Waals surface area contributed by atoms with Crippen molar-refractivity contribution in [2.75, 3.05) is 24.9 Å². The number of aryl methyl sites for hydroxylation is 1. The van der Waals surface area contributed by atoms with Crippen LogP contribution in [0.3, 0.4) is 0 Å². The lowest BCUT2D eigenvalue weighted by atomic mass is 10.1. The van der Waals surface area contributed by atoms with Gasteiger partial charge in [-0.05, 0) is 24.6 Å². The Morgan fingerprint density at radius 3 is 2.30 bits per heavy atom. The summed E-state index contributed by atoms with van der Waals surface area (Å²) in [5.41, 5.74) is 0.540. The molecular formula is C15H17FN2O5. The summed E-state index contributed by atoms with van der Waals surface area (Å²) < 4.78 is 22.6. The zero-order valence-corrected chi connectivity index (χ0v) is 13.2. The van der Waals surface area contributed by atoms with Crippen LogP contribution in [0, 0.1) is 12.7 Å². The van der Waals surface area contributed by atoms with Crippen molar-refractivity contribution in [1.29, 1.82) is 0 Å². The third-order valence-electron chi connectivity index (χ3n) is 2.74. The number of amides is 1. The Bertz CT molecular complexity index is 670. The van der Waals surface area contributed by atoms with Crippen LogP contribution >= 0.6 is 0 Å². The molecule has 2 N–H and O–H groups in total. The molecule has 8 heteroatoms. The van der Waals surface area contributed by atoms with Crippen molar-refractivity contribution in [2.45, 2.75) is 13.8 Å². The second kappa shape index (κ2) is 7.92. The molecule has 0 saturated heterocycles. The van der Waals surface area contributed by atoms with E-state index < -0.39 is 17.8 Å². The quantitative estimate of drug-likeness (QED) is 0.633. The highest BCUT2D eigenvalue weighted by Gasteiger charge is 2.17. The van der Waals surface area contributed by atoms with Gasteiger partial charge in [-0.3, -0.25) is 4.79 Å². The van der Waals surface area contributed by atoms with Gasteiger partial charge in [-0.25, -0.2) is 14.0 Å². The van der Waals surface area contributed by atoms with Crippen molar-refractivity contribution in [3.8, 4) is 0 Å². The normalized spacial score (nSPS) is 10.7. The number of halogens is 1. The molecule has 1 aromatic rings. The number of rotatable bonds is 5. The lowest BCUT2D eigenvalue weighted by Gasteiger charge is -2.16. The summed E-state index contributed by atoms with van der Waals surface area (Å²) in [7, 11) is 2.27. The topological polar surface area (TPSA) is 93.7 Å². The van der Waals surface area contributed by atoms with Gasteiger partial charge in [0.2, 0.25) is 5.91 Å². The van der Waals surface area contributed by atoms with E-state index in [1.807, 2.05) is 0 Å². The maximum absolute atomic E-state index is 13.6. The van der Waals surface area contributed by atoms with E-state index in [0.717, 1.165) is 26.4 Å².